The Morgan fingerprint density at radius 1 is 0.857 bits per heavy atom. The number of rotatable bonds is 6. The van der Waals surface area contributed by atoms with Crippen LogP contribution in [0.4, 0.5) is 0 Å². The monoisotopic (exact) mass is 495 g/mol. The van der Waals surface area contributed by atoms with Crippen molar-refractivity contribution >= 4 is 27.6 Å². The molecule has 1 fully saturated rings. The van der Waals surface area contributed by atoms with Crippen LogP contribution in [-0.4, -0.2) is 67.5 Å². The summed E-state index contributed by atoms with van der Waals surface area (Å²) in [7, 11) is -4.26. The largest absolute Gasteiger partial charge is 0.459 e. The molecular formula is C25H25N3O6S. The van der Waals surface area contributed by atoms with E-state index in [1.807, 2.05) is 19.1 Å². The summed E-state index contributed by atoms with van der Waals surface area (Å²) in [6.07, 6.45) is 1.28. The molecule has 9 nitrogen and oxygen atoms in total. The van der Waals surface area contributed by atoms with Crippen LogP contribution < -0.4 is 5.32 Å². The minimum Gasteiger partial charge on any atom is -0.459 e. The Kier molecular flexibility index (Phi) is 7.02. The maximum atomic E-state index is 13.4. The van der Waals surface area contributed by atoms with Crippen LogP contribution in [0.3, 0.4) is 0 Å². The molecular weight excluding hydrogens is 470 g/mol. The second kappa shape index (κ2) is 10.1. The first kappa shape index (κ1) is 24.2. The van der Waals surface area contributed by atoms with Gasteiger partial charge in [0.05, 0.1) is 11.2 Å². The lowest BCUT2D eigenvalue weighted by Gasteiger charge is -2.36. The van der Waals surface area contributed by atoms with Gasteiger partial charge in [-0.2, -0.15) is 0 Å². The molecule has 0 aliphatic carbocycles. The van der Waals surface area contributed by atoms with Crippen molar-refractivity contribution in [3.8, 4) is 0 Å². The standard InChI is InChI=1S/C25H25N3O6S/c1-18-9-11-19(12-10-18)24(30)27-13-15-28(16-14-27)25(31)23(26-22(29)21-8-5-17-34-21)35(32,33)20-6-3-2-4-7-20/h2-12,17,23H,13-16H2,1H3,(H,26,29). The van der Waals surface area contributed by atoms with Crippen LogP contribution in [0.15, 0.2) is 82.3 Å². The topological polar surface area (TPSA) is 117 Å². The Balaban J connectivity index is 1.52. The lowest BCUT2D eigenvalue weighted by Crippen LogP contribution is -2.57. The molecule has 0 radical (unpaired) electrons. The summed E-state index contributed by atoms with van der Waals surface area (Å²) in [5, 5.41) is 0.482. The van der Waals surface area contributed by atoms with Crippen molar-refractivity contribution in [3.05, 3.63) is 89.9 Å². The molecule has 3 aromatic rings. The molecule has 35 heavy (non-hydrogen) atoms. The van der Waals surface area contributed by atoms with E-state index in [9.17, 15) is 22.8 Å². The van der Waals surface area contributed by atoms with E-state index in [1.54, 1.807) is 23.1 Å². The molecule has 1 aliphatic heterocycles. The molecule has 182 valence electrons. The van der Waals surface area contributed by atoms with Crippen molar-refractivity contribution in [1.29, 1.82) is 0 Å². The SMILES string of the molecule is Cc1ccc(C(=O)N2CCN(C(=O)C(NC(=O)c3ccco3)S(=O)(=O)c3ccccc3)CC2)cc1. The summed E-state index contributed by atoms with van der Waals surface area (Å²) in [4.78, 5) is 41.7. The third-order valence-corrected chi connectivity index (χ3v) is 7.66. The fourth-order valence-corrected chi connectivity index (χ4v) is 5.28. The van der Waals surface area contributed by atoms with E-state index in [4.69, 9.17) is 4.42 Å². The van der Waals surface area contributed by atoms with Gasteiger partial charge in [0.25, 0.3) is 17.7 Å². The molecule has 2 aromatic carbocycles. The van der Waals surface area contributed by atoms with Crippen molar-refractivity contribution < 1.29 is 27.2 Å². The zero-order valence-electron chi connectivity index (χ0n) is 19.1. The van der Waals surface area contributed by atoms with Gasteiger partial charge in [0.1, 0.15) is 0 Å². The highest BCUT2D eigenvalue weighted by atomic mass is 32.2. The summed E-state index contributed by atoms with van der Waals surface area (Å²) < 4.78 is 31.8. The van der Waals surface area contributed by atoms with Gasteiger partial charge in [-0.3, -0.25) is 14.4 Å². The van der Waals surface area contributed by atoms with Crippen LogP contribution in [-0.2, 0) is 14.6 Å². The molecule has 10 heteroatoms. The predicted molar refractivity (Wildman–Crippen MR) is 127 cm³/mol. The van der Waals surface area contributed by atoms with Gasteiger partial charge in [0.15, 0.2) is 5.76 Å². The first-order chi connectivity index (χ1) is 16.8. The molecule has 1 aromatic heterocycles. The zero-order valence-corrected chi connectivity index (χ0v) is 19.9. The van der Waals surface area contributed by atoms with Crippen molar-refractivity contribution in [3.63, 3.8) is 0 Å². The number of carbonyl (C=O) groups is 3. The fraction of sp³-hybridized carbons (Fsp3) is 0.240. The number of sulfone groups is 1. The second-order valence-corrected chi connectivity index (χ2v) is 10.2. The maximum Gasteiger partial charge on any atom is 0.288 e. The third-order valence-electron chi connectivity index (χ3n) is 5.79. The van der Waals surface area contributed by atoms with Crippen LogP contribution >= 0.6 is 0 Å². The van der Waals surface area contributed by atoms with Crippen molar-refractivity contribution in [2.45, 2.75) is 17.2 Å². The number of furan rings is 1. The number of aryl methyl sites for hydroxylation is 1. The highest BCUT2D eigenvalue weighted by molar-refractivity contribution is 7.92. The molecule has 1 saturated heterocycles. The zero-order chi connectivity index (χ0) is 25.0. The average Bonchev–Trinajstić information content (AvgIpc) is 3.43. The number of amides is 3. The van der Waals surface area contributed by atoms with Crippen LogP contribution in [0, 0.1) is 6.92 Å². The van der Waals surface area contributed by atoms with Crippen molar-refractivity contribution in [2.75, 3.05) is 26.2 Å². The normalized spacial score (nSPS) is 14.9. The highest BCUT2D eigenvalue weighted by Gasteiger charge is 2.40. The summed E-state index contributed by atoms with van der Waals surface area (Å²) in [6.45, 7) is 2.68. The summed E-state index contributed by atoms with van der Waals surface area (Å²) in [5.41, 5.74) is 1.59. The Bertz CT molecular complexity index is 1300. The quantitative estimate of drug-likeness (QED) is 0.560. The number of hydrogen-bond donors (Lipinski definition) is 1. The first-order valence-electron chi connectivity index (χ1n) is 11.1. The Morgan fingerprint density at radius 3 is 2.09 bits per heavy atom. The summed E-state index contributed by atoms with van der Waals surface area (Å²) in [6, 6.07) is 17.5. The third kappa shape index (κ3) is 5.27. The average molecular weight is 496 g/mol. The molecule has 4 rings (SSSR count). The molecule has 2 heterocycles. The van der Waals surface area contributed by atoms with E-state index >= 15 is 0 Å². The number of hydrogen-bond acceptors (Lipinski definition) is 6. The molecule has 0 spiro atoms. The van der Waals surface area contributed by atoms with E-state index in [-0.39, 0.29) is 42.7 Å². The van der Waals surface area contributed by atoms with Crippen LogP contribution in [0.25, 0.3) is 0 Å². The van der Waals surface area contributed by atoms with Crippen LogP contribution in [0.2, 0.25) is 0 Å². The minimum atomic E-state index is -4.26. The fourth-order valence-electron chi connectivity index (χ4n) is 3.79. The van der Waals surface area contributed by atoms with E-state index in [1.165, 1.54) is 47.6 Å². The Morgan fingerprint density at radius 2 is 1.49 bits per heavy atom. The van der Waals surface area contributed by atoms with Crippen LogP contribution in [0.5, 0.6) is 0 Å². The molecule has 3 amide bonds. The van der Waals surface area contributed by atoms with Crippen LogP contribution in [0.1, 0.15) is 26.5 Å². The number of carbonyl (C=O) groups excluding carboxylic acids is 3. The summed E-state index contributed by atoms with van der Waals surface area (Å²) >= 11 is 0. The lowest BCUT2D eigenvalue weighted by molar-refractivity contribution is -0.132. The lowest BCUT2D eigenvalue weighted by atomic mass is 10.1. The van der Waals surface area contributed by atoms with Gasteiger partial charge >= 0.3 is 0 Å². The Labute approximate surface area is 203 Å². The number of benzene rings is 2. The molecule has 1 unspecified atom stereocenters. The van der Waals surface area contributed by atoms with Gasteiger partial charge in [-0.15, -0.1) is 0 Å². The molecule has 1 N–H and O–H groups in total. The van der Waals surface area contributed by atoms with Crippen molar-refractivity contribution in [1.82, 2.24) is 15.1 Å². The van der Waals surface area contributed by atoms with E-state index in [2.05, 4.69) is 5.32 Å². The van der Waals surface area contributed by atoms with Gasteiger partial charge in [0, 0.05) is 31.7 Å². The first-order valence-corrected chi connectivity index (χ1v) is 12.6. The van der Waals surface area contributed by atoms with Gasteiger partial charge in [-0.1, -0.05) is 35.9 Å². The molecule has 1 aliphatic rings. The molecule has 1 atom stereocenters. The number of nitrogens with zero attached hydrogens (tertiary/aromatic N) is 2. The second-order valence-electron chi connectivity index (χ2n) is 8.17. The number of nitrogens with one attached hydrogen (secondary N) is 1. The Hall–Kier alpha value is -3.92. The van der Waals surface area contributed by atoms with Gasteiger partial charge < -0.3 is 19.5 Å². The van der Waals surface area contributed by atoms with Gasteiger partial charge in [-0.05, 0) is 43.3 Å². The van der Waals surface area contributed by atoms with Gasteiger partial charge in [0.2, 0.25) is 15.2 Å². The maximum absolute atomic E-state index is 13.4. The van der Waals surface area contributed by atoms with Crippen molar-refractivity contribution in [2.24, 2.45) is 0 Å². The smallest absolute Gasteiger partial charge is 0.288 e. The highest BCUT2D eigenvalue weighted by Crippen LogP contribution is 2.19. The summed E-state index contributed by atoms with van der Waals surface area (Å²) in [5.74, 6) is -1.85. The molecule has 0 saturated carbocycles. The number of piperazine rings is 1. The minimum absolute atomic E-state index is 0.0914. The van der Waals surface area contributed by atoms with Gasteiger partial charge in [-0.25, -0.2) is 8.42 Å². The van der Waals surface area contributed by atoms with E-state index in [0.29, 0.717) is 5.56 Å². The molecule has 0 bridgehead atoms. The van der Waals surface area contributed by atoms with E-state index < -0.39 is 27.0 Å². The predicted octanol–water partition coefficient (Wildman–Crippen LogP) is 2.10. The van der Waals surface area contributed by atoms with E-state index in [0.717, 1.165) is 5.56 Å².